The minimum atomic E-state index is -0.722. The molecule has 0 saturated heterocycles. The number of hydrogen-bond acceptors (Lipinski definition) is 4. The maximum atomic E-state index is 14.5. The van der Waals surface area contributed by atoms with Crippen LogP contribution < -0.4 is 0 Å². The minimum absolute atomic E-state index is 0.259. The first-order chi connectivity index (χ1) is 11.6. The summed E-state index contributed by atoms with van der Waals surface area (Å²) >= 11 is 0. The summed E-state index contributed by atoms with van der Waals surface area (Å²) in [6, 6.07) is 9.18. The topological polar surface area (TPSA) is 54.2 Å². The van der Waals surface area contributed by atoms with Crippen molar-refractivity contribution in [2.45, 2.75) is 19.3 Å². The Morgan fingerprint density at radius 3 is 2.79 bits per heavy atom. The number of pyridine rings is 1. The van der Waals surface area contributed by atoms with Crippen LogP contribution in [0.1, 0.15) is 23.0 Å². The molecule has 0 spiro atoms. The second-order valence-corrected chi connectivity index (χ2v) is 6.03. The SMILES string of the molecule is Cn1cc(-c2cnc(CN3Cc4ccccc4C3O)c(F)c2)cn1. The van der Waals surface area contributed by atoms with Gasteiger partial charge in [0.05, 0.1) is 11.9 Å². The molecule has 0 amide bonds. The fourth-order valence-corrected chi connectivity index (χ4v) is 3.08. The zero-order chi connectivity index (χ0) is 16.7. The molecule has 0 fully saturated rings. The van der Waals surface area contributed by atoms with E-state index < -0.39 is 6.23 Å². The van der Waals surface area contributed by atoms with Crippen molar-refractivity contribution < 1.29 is 9.50 Å². The first-order valence-electron chi connectivity index (χ1n) is 7.75. The van der Waals surface area contributed by atoms with E-state index in [1.165, 1.54) is 6.07 Å². The van der Waals surface area contributed by atoms with Gasteiger partial charge in [-0.1, -0.05) is 24.3 Å². The molecule has 122 valence electrons. The second kappa shape index (κ2) is 5.81. The molecule has 3 aromatic rings. The van der Waals surface area contributed by atoms with Gasteiger partial charge in [0.2, 0.25) is 0 Å². The van der Waals surface area contributed by atoms with Crippen LogP contribution >= 0.6 is 0 Å². The third kappa shape index (κ3) is 2.60. The van der Waals surface area contributed by atoms with Crippen LogP contribution in [0.15, 0.2) is 48.9 Å². The van der Waals surface area contributed by atoms with Gasteiger partial charge in [-0.3, -0.25) is 14.6 Å². The van der Waals surface area contributed by atoms with Crippen LogP contribution in [-0.2, 0) is 20.1 Å². The van der Waals surface area contributed by atoms with Crippen molar-refractivity contribution in [3.63, 3.8) is 0 Å². The van der Waals surface area contributed by atoms with E-state index >= 15 is 0 Å². The molecule has 6 heteroatoms. The lowest BCUT2D eigenvalue weighted by Crippen LogP contribution is -2.22. The smallest absolute Gasteiger partial charge is 0.146 e. The monoisotopic (exact) mass is 324 g/mol. The Hall–Kier alpha value is -2.57. The number of nitrogens with zero attached hydrogens (tertiary/aromatic N) is 4. The Balaban J connectivity index is 1.56. The quantitative estimate of drug-likeness (QED) is 0.805. The highest BCUT2D eigenvalue weighted by Crippen LogP contribution is 2.32. The van der Waals surface area contributed by atoms with E-state index in [9.17, 15) is 9.50 Å². The molecule has 5 nitrogen and oxygen atoms in total. The normalized spacial score (nSPS) is 17.2. The van der Waals surface area contributed by atoms with Crippen molar-refractivity contribution in [2.75, 3.05) is 0 Å². The summed E-state index contributed by atoms with van der Waals surface area (Å²) < 4.78 is 16.1. The molecule has 1 aliphatic heterocycles. The molecule has 1 aromatic carbocycles. The van der Waals surface area contributed by atoms with Crippen molar-refractivity contribution in [3.05, 3.63) is 71.6 Å². The molecule has 0 aliphatic carbocycles. The largest absolute Gasteiger partial charge is 0.374 e. The van der Waals surface area contributed by atoms with Crippen LogP contribution in [-0.4, -0.2) is 24.8 Å². The lowest BCUT2D eigenvalue weighted by atomic mass is 10.1. The molecule has 2 aromatic heterocycles. The van der Waals surface area contributed by atoms with Gasteiger partial charge in [-0.2, -0.15) is 5.10 Å². The van der Waals surface area contributed by atoms with E-state index in [1.807, 2.05) is 37.5 Å². The van der Waals surface area contributed by atoms with E-state index in [0.29, 0.717) is 17.8 Å². The number of benzene rings is 1. The fraction of sp³-hybridized carbons (Fsp3) is 0.222. The molecular weight excluding hydrogens is 307 g/mol. The van der Waals surface area contributed by atoms with E-state index in [-0.39, 0.29) is 12.4 Å². The van der Waals surface area contributed by atoms with Crippen LogP contribution in [0.4, 0.5) is 4.39 Å². The average Bonchev–Trinajstić information content (AvgIpc) is 3.14. The maximum Gasteiger partial charge on any atom is 0.146 e. The summed E-state index contributed by atoms with van der Waals surface area (Å²) in [6.45, 7) is 0.845. The predicted molar refractivity (Wildman–Crippen MR) is 87.0 cm³/mol. The van der Waals surface area contributed by atoms with Gasteiger partial charge in [0.15, 0.2) is 0 Å². The Morgan fingerprint density at radius 2 is 2.08 bits per heavy atom. The van der Waals surface area contributed by atoms with E-state index in [1.54, 1.807) is 22.0 Å². The number of fused-ring (bicyclic) bond motifs is 1. The van der Waals surface area contributed by atoms with Gasteiger partial charge in [0, 0.05) is 43.7 Å². The molecule has 1 N–H and O–H groups in total. The molecule has 4 rings (SSSR count). The molecule has 24 heavy (non-hydrogen) atoms. The predicted octanol–water partition coefficient (Wildman–Crippen LogP) is 2.63. The summed E-state index contributed by atoms with van der Waals surface area (Å²) in [5.41, 5.74) is 3.79. The molecular formula is C18H17FN4O. The third-order valence-electron chi connectivity index (χ3n) is 4.36. The summed E-state index contributed by atoms with van der Waals surface area (Å²) in [7, 11) is 1.81. The Labute approximate surface area is 139 Å². The standard InChI is InChI=1S/C18H17FN4O/c1-22-9-14(8-21-22)13-6-16(19)17(20-7-13)11-23-10-12-4-2-3-5-15(12)18(23)24/h2-9,18,24H,10-11H2,1H3. The van der Waals surface area contributed by atoms with E-state index in [2.05, 4.69) is 10.1 Å². The summed E-state index contributed by atoms with van der Waals surface area (Å²) in [5, 5.41) is 14.5. The molecule has 3 heterocycles. The zero-order valence-corrected chi connectivity index (χ0v) is 13.2. The van der Waals surface area contributed by atoms with Gasteiger partial charge >= 0.3 is 0 Å². The molecule has 0 radical (unpaired) electrons. The van der Waals surface area contributed by atoms with Gasteiger partial charge in [-0.25, -0.2) is 4.39 Å². The number of aromatic nitrogens is 3. The average molecular weight is 324 g/mol. The van der Waals surface area contributed by atoms with Gasteiger partial charge in [-0.05, 0) is 17.2 Å². The summed E-state index contributed by atoms with van der Waals surface area (Å²) in [5.74, 6) is -0.375. The van der Waals surface area contributed by atoms with Crippen LogP contribution in [0.5, 0.6) is 0 Å². The van der Waals surface area contributed by atoms with Crippen LogP contribution in [0.25, 0.3) is 11.1 Å². The molecule has 1 unspecified atom stereocenters. The minimum Gasteiger partial charge on any atom is -0.374 e. The summed E-state index contributed by atoms with van der Waals surface area (Å²) in [6.07, 6.45) is 4.42. The van der Waals surface area contributed by atoms with Gasteiger partial charge < -0.3 is 5.11 Å². The van der Waals surface area contributed by atoms with E-state index in [0.717, 1.165) is 16.7 Å². The van der Waals surface area contributed by atoms with Gasteiger partial charge in [0.1, 0.15) is 12.0 Å². The van der Waals surface area contributed by atoms with Crippen LogP contribution in [0.3, 0.4) is 0 Å². The zero-order valence-electron chi connectivity index (χ0n) is 13.2. The highest BCUT2D eigenvalue weighted by Gasteiger charge is 2.28. The van der Waals surface area contributed by atoms with E-state index in [4.69, 9.17) is 0 Å². The fourth-order valence-electron chi connectivity index (χ4n) is 3.08. The molecule has 1 aliphatic rings. The molecule has 0 saturated carbocycles. The first-order valence-corrected chi connectivity index (χ1v) is 7.75. The van der Waals surface area contributed by atoms with Crippen molar-refractivity contribution in [1.29, 1.82) is 0 Å². The lowest BCUT2D eigenvalue weighted by Gasteiger charge is -2.20. The number of aliphatic hydroxyl groups excluding tert-OH is 1. The van der Waals surface area contributed by atoms with Gasteiger partial charge in [0.25, 0.3) is 0 Å². The van der Waals surface area contributed by atoms with Crippen molar-refractivity contribution in [2.24, 2.45) is 7.05 Å². The Kier molecular flexibility index (Phi) is 3.63. The number of aliphatic hydroxyl groups is 1. The highest BCUT2D eigenvalue weighted by molar-refractivity contribution is 5.60. The Morgan fingerprint density at radius 1 is 1.25 bits per heavy atom. The Bertz CT molecular complexity index is 892. The number of halogens is 1. The third-order valence-corrected chi connectivity index (χ3v) is 4.36. The highest BCUT2D eigenvalue weighted by atomic mass is 19.1. The lowest BCUT2D eigenvalue weighted by molar-refractivity contribution is 0.00620. The molecule has 0 bridgehead atoms. The van der Waals surface area contributed by atoms with Crippen LogP contribution in [0, 0.1) is 5.82 Å². The van der Waals surface area contributed by atoms with Crippen molar-refractivity contribution >= 4 is 0 Å². The van der Waals surface area contributed by atoms with Crippen molar-refractivity contribution in [3.8, 4) is 11.1 Å². The second-order valence-electron chi connectivity index (χ2n) is 6.03. The maximum absolute atomic E-state index is 14.5. The summed E-state index contributed by atoms with van der Waals surface area (Å²) in [4.78, 5) is 6.07. The van der Waals surface area contributed by atoms with Crippen molar-refractivity contribution in [1.82, 2.24) is 19.7 Å². The van der Waals surface area contributed by atoms with Gasteiger partial charge in [-0.15, -0.1) is 0 Å². The van der Waals surface area contributed by atoms with Crippen LogP contribution in [0.2, 0.25) is 0 Å². The number of aryl methyl sites for hydroxylation is 1. The number of rotatable bonds is 3. The molecule has 1 atom stereocenters. The number of hydrogen-bond donors (Lipinski definition) is 1. The first kappa shape index (κ1) is 15.0.